The Morgan fingerprint density at radius 2 is 1.17 bits per heavy atom. The van der Waals surface area contributed by atoms with E-state index in [1.54, 1.807) is 0 Å². The van der Waals surface area contributed by atoms with Crippen LogP contribution in [0, 0.1) is 0 Å². The van der Waals surface area contributed by atoms with Crippen LogP contribution in [0.5, 0.6) is 0 Å². The molecule has 0 spiro atoms. The zero-order valence-electron chi connectivity index (χ0n) is 28.1. The van der Waals surface area contributed by atoms with Crippen molar-refractivity contribution in [1.29, 1.82) is 0 Å². The van der Waals surface area contributed by atoms with E-state index in [2.05, 4.69) is 31.7 Å². The van der Waals surface area contributed by atoms with Crippen LogP contribution in [0.4, 0.5) is 0 Å². The smallest absolute Gasteiger partial charge is 0.306 e. The summed E-state index contributed by atoms with van der Waals surface area (Å²) < 4.78 is 11.2. The Bertz CT molecular complexity index is 610. The summed E-state index contributed by atoms with van der Waals surface area (Å²) in [6.45, 7) is 9.42. The molecule has 0 aliphatic carbocycles. The van der Waals surface area contributed by atoms with Crippen molar-refractivity contribution in [3.63, 3.8) is 0 Å². The van der Waals surface area contributed by atoms with Crippen LogP contribution < -0.4 is 0 Å². The topological polar surface area (TPSA) is 76.1 Å². The van der Waals surface area contributed by atoms with E-state index in [0.29, 0.717) is 26.0 Å². The molecule has 0 aromatic rings. The Morgan fingerprint density at radius 1 is 0.619 bits per heavy atom. The van der Waals surface area contributed by atoms with Gasteiger partial charge in [-0.2, -0.15) is 0 Å². The molecule has 0 amide bonds. The zero-order chi connectivity index (χ0) is 30.9. The number of hydrogen-bond donors (Lipinski definition) is 1. The second-order valence-corrected chi connectivity index (χ2v) is 12.0. The van der Waals surface area contributed by atoms with Crippen LogP contribution in [0.25, 0.3) is 0 Å². The Balaban J connectivity index is 4.16. The summed E-state index contributed by atoms with van der Waals surface area (Å²) in [5, 5.41) is 9.49. The van der Waals surface area contributed by atoms with E-state index in [0.717, 1.165) is 70.9 Å². The summed E-state index contributed by atoms with van der Waals surface area (Å²) in [5.41, 5.74) is 0. The molecule has 0 unspecified atom stereocenters. The molecule has 0 aromatic heterocycles. The number of carbonyl (C=O) groups is 2. The molecule has 1 N–H and O–H groups in total. The van der Waals surface area contributed by atoms with E-state index in [1.165, 1.54) is 77.0 Å². The van der Waals surface area contributed by atoms with E-state index >= 15 is 0 Å². The Kier molecular flexibility index (Phi) is 31.4. The van der Waals surface area contributed by atoms with Gasteiger partial charge >= 0.3 is 11.9 Å². The third-order valence-electron chi connectivity index (χ3n) is 7.92. The van der Waals surface area contributed by atoms with Crippen molar-refractivity contribution >= 4 is 11.9 Å². The summed E-state index contributed by atoms with van der Waals surface area (Å²) in [5.74, 6) is -0.201. The first-order valence-corrected chi connectivity index (χ1v) is 17.9. The van der Waals surface area contributed by atoms with Crippen LogP contribution in [0.1, 0.15) is 168 Å². The summed E-state index contributed by atoms with van der Waals surface area (Å²) in [6, 6.07) is 0. The first-order valence-electron chi connectivity index (χ1n) is 17.9. The van der Waals surface area contributed by atoms with Gasteiger partial charge in [-0.1, -0.05) is 110 Å². The number of nitrogens with zero attached hydrogens (tertiary/aromatic N) is 1. The predicted molar refractivity (Wildman–Crippen MR) is 177 cm³/mol. The van der Waals surface area contributed by atoms with Crippen LogP contribution in [0.3, 0.4) is 0 Å². The van der Waals surface area contributed by atoms with Crippen molar-refractivity contribution in [2.75, 3.05) is 32.8 Å². The molecular formula is C36H69NO5. The molecule has 0 aromatic carbocycles. The number of hydrogen-bond acceptors (Lipinski definition) is 6. The maximum atomic E-state index is 12.7. The van der Waals surface area contributed by atoms with Gasteiger partial charge in [0.2, 0.25) is 0 Å². The highest BCUT2D eigenvalue weighted by molar-refractivity contribution is 5.69. The third-order valence-corrected chi connectivity index (χ3v) is 7.92. The van der Waals surface area contributed by atoms with E-state index < -0.39 is 0 Å². The van der Waals surface area contributed by atoms with Gasteiger partial charge in [-0.05, 0) is 70.9 Å². The van der Waals surface area contributed by atoms with Crippen molar-refractivity contribution in [2.24, 2.45) is 0 Å². The fourth-order valence-corrected chi connectivity index (χ4v) is 5.25. The maximum absolute atomic E-state index is 12.7. The van der Waals surface area contributed by atoms with E-state index in [4.69, 9.17) is 9.47 Å². The molecule has 0 aliphatic rings. The Hall–Kier alpha value is -1.40. The number of unbranched alkanes of at least 4 members (excludes halogenated alkanes) is 14. The van der Waals surface area contributed by atoms with Gasteiger partial charge in [-0.15, -0.1) is 0 Å². The minimum Gasteiger partial charge on any atom is -0.462 e. The lowest BCUT2D eigenvalue weighted by atomic mass is 10.0. The molecule has 0 bridgehead atoms. The largest absolute Gasteiger partial charge is 0.462 e. The molecule has 0 saturated carbocycles. The first-order chi connectivity index (χ1) is 20.6. The van der Waals surface area contributed by atoms with Gasteiger partial charge in [0, 0.05) is 19.4 Å². The standard InChI is InChI=1S/C36H69NO5/c1-4-7-10-13-14-17-23-33-41-35(39)27-21-18-22-29-37(31-32-38)30-24-28-36(40)42-34(25-19-15-11-8-5-2)26-20-16-12-9-6-3/h17,23,34,38H,4-16,18-22,24-33H2,1-3H3/b23-17-. The van der Waals surface area contributed by atoms with E-state index in [9.17, 15) is 14.7 Å². The number of rotatable bonds is 32. The lowest BCUT2D eigenvalue weighted by Gasteiger charge is -2.22. The zero-order valence-corrected chi connectivity index (χ0v) is 28.1. The van der Waals surface area contributed by atoms with Gasteiger partial charge in [0.1, 0.15) is 12.7 Å². The Morgan fingerprint density at radius 3 is 1.79 bits per heavy atom. The van der Waals surface area contributed by atoms with Crippen molar-refractivity contribution < 1.29 is 24.2 Å². The fraction of sp³-hybridized carbons (Fsp3) is 0.889. The third kappa shape index (κ3) is 28.7. The number of aliphatic hydroxyl groups excluding tert-OH is 1. The van der Waals surface area contributed by atoms with Crippen LogP contribution in [-0.2, 0) is 19.1 Å². The van der Waals surface area contributed by atoms with Crippen molar-refractivity contribution in [3.8, 4) is 0 Å². The maximum Gasteiger partial charge on any atom is 0.306 e. The molecule has 42 heavy (non-hydrogen) atoms. The van der Waals surface area contributed by atoms with Gasteiger partial charge in [0.25, 0.3) is 0 Å². The highest BCUT2D eigenvalue weighted by atomic mass is 16.5. The normalized spacial score (nSPS) is 11.7. The highest BCUT2D eigenvalue weighted by Gasteiger charge is 2.15. The minimum atomic E-state index is -0.128. The van der Waals surface area contributed by atoms with Crippen molar-refractivity contribution in [1.82, 2.24) is 4.90 Å². The molecule has 6 heteroatoms. The summed E-state index contributed by atoms with van der Waals surface area (Å²) in [6.07, 6.45) is 28.9. The second-order valence-electron chi connectivity index (χ2n) is 12.0. The SMILES string of the molecule is CCCCCC/C=C\COC(=O)CCCCCN(CCO)CCCC(=O)OC(CCCCCCC)CCCCCCC. The molecule has 0 saturated heterocycles. The number of carbonyl (C=O) groups excluding carboxylic acids is 2. The van der Waals surface area contributed by atoms with Gasteiger partial charge in [-0.3, -0.25) is 9.59 Å². The van der Waals surface area contributed by atoms with Gasteiger partial charge in [-0.25, -0.2) is 0 Å². The molecule has 0 fully saturated rings. The molecule has 0 atom stereocenters. The predicted octanol–water partition coefficient (Wildman–Crippen LogP) is 9.32. The number of ether oxygens (including phenoxy) is 2. The van der Waals surface area contributed by atoms with Crippen LogP contribution in [0.15, 0.2) is 12.2 Å². The summed E-state index contributed by atoms with van der Waals surface area (Å²) in [7, 11) is 0. The summed E-state index contributed by atoms with van der Waals surface area (Å²) in [4.78, 5) is 26.8. The molecule has 0 radical (unpaired) electrons. The first kappa shape index (κ1) is 40.6. The van der Waals surface area contributed by atoms with Crippen LogP contribution in [-0.4, -0.2) is 60.9 Å². The quantitative estimate of drug-likeness (QED) is 0.0474. The van der Waals surface area contributed by atoms with E-state index in [1.807, 2.05) is 6.08 Å². The van der Waals surface area contributed by atoms with Crippen molar-refractivity contribution in [3.05, 3.63) is 12.2 Å². The minimum absolute atomic E-state index is 0.0626. The van der Waals surface area contributed by atoms with Crippen molar-refractivity contribution in [2.45, 2.75) is 175 Å². The second kappa shape index (κ2) is 32.5. The number of allylic oxidation sites excluding steroid dienone is 1. The lowest BCUT2D eigenvalue weighted by Crippen LogP contribution is -2.30. The van der Waals surface area contributed by atoms with E-state index in [-0.39, 0.29) is 24.6 Å². The molecule has 0 heterocycles. The van der Waals surface area contributed by atoms with Gasteiger partial charge in [0.05, 0.1) is 6.61 Å². The average Bonchev–Trinajstić information content (AvgIpc) is 2.97. The molecular weight excluding hydrogens is 526 g/mol. The number of esters is 2. The van der Waals surface area contributed by atoms with Gasteiger partial charge < -0.3 is 19.5 Å². The Labute approximate surface area is 260 Å². The molecule has 0 rings (SSSR count). The molecule has 6 nitrogen and oxygen atoms in total. The highest BCUT2D eigenvalue weighted by Crippen LogP contribution is 2.17. The molecule has 248 valence electrons. The summed E-state index contributed by atoms with van der Waals surface area (Å²) >= 11 is 0. The number of aliphatic hydroxyl groups is 1. The van der Waals surface area contributed by atoms with Gasteiger partial charge in [0.15, 0.2) is 0 Å². The monoisotopic (exact) mass is 596 g/mol. The van der Waals surface area contributed by atoms with Crippen LogP contribution >= 0.6 is 0 Å². The molecule has 0 aliphatic heterocycles. The average molecular weight is 596 g/mol. The fourth-order valence-electron chi connectivity index (χ4n) is 5.25. The van der Waals surface area contributed by atoms with Crippen LogP contribution in [0.2, 0.25) is 0 Å². The lowest BCUT2D eigenvalue weighted by molar-refractivity contribution is -0.150.